The molecule has 0 radical (unpaired) electrons. The second-order valence-corrected chi connectivity index (χ2v) is 6.80. The Morgan fingerprint density at radius 3 is 2.70 bits per heavy atom. The zero-order valence-electron chi connectivity index (χ0n) is 13.3. The van der Waals surface area contributed by atoms with Crippen LogP contribution in [0, 0.1) is 0 Å². The van der Waals surface area contributed by atoms with Gasteiger partial charge in [0.05, 0.1) is 6.42 Å². The van der Waals surface area contributed by atoms with E-state index in [1.807, 2.05) is 29.2 Å². The Morgan fingerprint density at radius 1 is 1.26 bits per heavy atom. The summed E-state index contributed by atoms with van der Waals surface area (Å²) in [7, 11) is 0. The van der Waals surface area contributed by atoms with Crippen LogP contribution in [0.1, 0.15) is 31.2 Å². The number of amides is 2. The summed E-state index contributed by atoms with van der Waals surface area (Å²) in [6.45, 7) is 1.64. The van der Waals surface area contributed by atoms with Crippen LogP contribution in [-0.2, 0) is 16.0 Å². The smallest absolute Gasteiger partial charge is 0.227 e. The molecule has 1 aliphatic heterocycles. The molecular weight excluding hydrogens is 358 g/mol. The number of nitrogens with zero attached hydrogens (tertiary/aromatic N) is 1. The molecule has 0 aromatic heterocycles. The lowest BCUT2D eigenvalue weighted by Crippen LogP contribution is -2.50. The molecule has 0 bridgehead atoms. The first-order chi connectivity index (χ1) is 11.1. The van der Waals surface area contributed by atoms with Crippen LogP contribution in [0.5, 0.6) is 0 Å². The van der Waals surface area contributed by atoms with Gasteiger partial charge in [-0.05, 0) is 37.0 Å². The quantitative estimate of drug-likeness (QED) is 0.789. The molecule has 2 rings (SSSR count). The number of rotatable bonds is 6. The van der Waals surface area contributed by atoms with E-state index in [0.717, 1.165) is 35.8 Å². The van der Waals surface area contributed by atoms with Crippen molar-refractivity contribution in [3.8, 4) is 0 Å². The molecule has 0 spiro atoms. The van der Waals surface area contributed by atoms with Gasteiger partial charge in [-0.3, -0.25) is 9.59 Å². The molecule has 1 aromatic carbocycles. The van der Waals surface area contributed by atoms with E-state index in [2.05, 4.69) is 21.2 Å². The summed E-state index contributed by atoms with van der Waals surface area (Å²) in [5, 5.41) is 2.89. The van der Waals surface area contributed by atoms with E-state index in [-0.39, 0.29) is 17.9 Å². The molecule has 6 heteroatoms. The Kier molecular flexibility index (Phi) is 7.05. The minimum absolute atomic E-state index is 0.0432. The van der Waals surface area contributed by atoms with Crippen LogP contribution in [0.25, 0.3) is 0 Å². The van der Waals surface area contributed by atoms with Gasteiger partial charge in [0.25, 0.3) is 0 Å². The summed E-state index contributed by atoms with van der Waals surface area (Å²) in [5.74, 6) is 0.0866. The van der Waals surface area contributed by atoms with Crippen LogP contribution in [-0.4, -0.2) is 42.4 Å². The van der Waals surface area contributed by atoms with E-state index in [4.69, 9.17) is 5.73 Å². The molecule has 0 saturated carbocycles. The summed E-state index contributed by atoms with van der Waals surface area (Å²) in [6.07, 6.45) is 3.80. The molecule has 1 unspecified atom stereocenters. The monoisotopic (exact) mass is 381 g/mol. The van der Waals surface area contributed by atoms with Crippen molar-refractivity contribution in [3.63, 3.8) is 0 Å². The number of benzene rings is 1. The lowest BCUT2D eigenvalue weighted by Gasteiger charge is -2.36. The number of likely N-dealkylation sites (tertiary alicyclic amines) is 1. The summed E-state index contributed by atoms with van der Waals surface area (Å²) in [5.41, 5.74) is 6.39. The minimum Gasteiger partial charge on any atom is -0.354 e. The van der Waals surface area contributed by atoms with Crippen molar-refractivity contribution in [2.75, 3.05) is 19.6 Å². The first kappa shape index (κ1) is 17.9. The van der Waals surface area contributed by atoms with Gasteiger partial charge in [-0.1, -0.05) is 28.1 Å². The molecule has 23 heavy (non-hydrogen) atoms. The van der Waals surface area contributed by atoms with Crippen LogP contribution in [0.4, 0.5) is 0 Å². The number of halogens is 1. The topological polar surface area (TPSA) is 75.4 Å². The van der Waals surface area contributed by atoms with Crippen molar-refractivity contribution in [2.45, 2.75) is 38.1 Å². The molecule has 126 valence electrons. The minimum atomic E-state index is -0.0432. The van der Waals surface area contributed by atoms with Gasteiger partial charge in [-0.15, -0.1) is 0 Å². The van der Waals surface area contributed by atoms with Crippen LogP contribution >= 0.6 is 15.9 Å². The fourth-order valence-electron chi connectivity index (χ4n) is 2.87. The number of nitrogens with two attached hydrogens (primary N) is 1. The number of hydrogen-bond acceptors (Lipinski definition) is 3. The highest BCUT2D eigenvalue weighted by Crippen LogP contribution is 2.19. The van der Waals surface area contributed by atoms with Crippen LogP contribution < -0.4 is 11.1 Å². The van der Waals surface area contributed by atoms with Gasteiger partial charge in [0, 0.05) is 36.6 Å². The highest BCUT2D eigenvalue weighted by molar-refractivity contribution is 9.10. The van der Waals surface area contributed by atoms with Gasteiger partial charge in [0.15, 0.2) is 0 Å². The van der Waals surface area contributed by atoms with Crippen LogP contribution in [0.15, 0.2) is 28.7 Å². The summed E-state index contributed by atoms with van der Waals surface area (Å²) in [4.78, 5) is 26.1. The number of hydrogen-bond donors (Lipinski definition) is 2. The van der Waals surface area contributed by atoms with Gasteiger partial charge in [-0.25, -0.2) is 0 Å². The van der Waals surface area contributed by atoms with Crippen molar-refractivity contribution < 1.29 is 9.59 Å². The number of piperidine rings is 1. The van der Waals surface area contributed by atoms with Crippen molar-refractivity contribution in [3.05, 3.63) is 34.3 Å². The molecule has 0 aliphatic carbocycles. The fraction of sp³-hybridized carbons (Fsp3) is 0.529. The third-order valence-corrected chi connectivity index (χ3v) is 4.65. The first-order valence-electron chi connectivity index (χ1n) is 8.11. The Bertz CT molecular complexity index is 533. The van der Waals surface area contributed by atoms with Crippen molar-refractivity contribution in [1.29, 1.82) is 0 Å². The third kappa shape index (κ3) is 5.62. The van der Waals surface area contributed by atoms with E-state index < -0.39 is 0 Å². The normalized spacial score (nSPS) is 17.8. The predicted molar refractivity (Wildman–Crippen MR) is 93.9 cm³/mol. The lowest BCUT2D eigenvalue weighted by molar-refractivity contribution is -0.134. The van der Waals surface area contributed by atoms with E-state index in [0.29, 0.717) is 25.9 Å². The predicted octanol–water partition coefficient (Wildman–Crippen LogP) is 1.84. The Hall–Kier alpha value is -1.40. The Labute approximate surface area is 145 Å². The number of carbonyl (C=O) groups excluding carboxylic acids is 2. The number of nitrogens with one attached hydrogen (secondary N) is 1. The van der Waals surface area contributed by atoms with Crippen molar-refractivity contribution >= 4 is 27.7 Å². The molecule has 2 amide bonds. The SMILES string of the molecule is NCCC(=O)NCC1CCCCN1C(=O)Cc1ccc(Br)cc1. The maximum Gasteiger partial charge on any atom is 0.227 e. The largest absolute Gasteiger partial charge is 0.354 e. The molecule has 3 N–H and O–H groups in total. The van der Waals surface area contributed by atoms with E-state index in [1.54, 1.807) is 0 Å². The van der Waals surface area contributed by atoms with Crippen LogP contribution in [0.3, 0.4) is 0 Å². The molecule has 1 aliphatic rings. The van der Waals surface area contributed by atoms with Crippen LogP contribution in [0.2, 0.25) is 0 Å². The zero-order chi connectivity index (χ0) is 16.7. The summed E-state index contributed by atoms with van der Waals surface area (Å²) < 4.78 is 1.01. The van der Waals surface area contributed by atoms with E-state index in [9.17, 15) is 9.59 Å². The molecule has 5 nitrogen and oxygen atoms in total. The Balaban J connectivity index is 1.92. The number of carbonyl (C=O) groups is 2. The molecule has 1 aromatic rings. The average molecular weight is 382 g/mol. The molecule has 1 atom stereocenters. The first-order valence-corrected chi connectivity index (χ1v) is 8.90. The Morgan fingerprint density at radius 2 is 2.00 bits per heavy atom. The van der Waals surface area contributed by atoms with Gasteiger partial charge < -0.3 is 16.0 Å². The molecule has 1 saturated heterocycles. The maximum atomic E-state index is 12.6. The van der Waals surface area contributed by atoms with E-state index in [1.165, 1.54) is 0 Å². The van der Waals surface area contributed by atoms with Gasteiger partial charge in [-0.2, -0.15) is 0 Å². The summed E-state index contributed by atoms with van der Waals surface area (Å²) >= 11 is 3.40. The summed E-state index contributed by atoms with van der Waals surface area (Å²) in [6, 6.07) is 7.91. The highest BCUT2D eigenvalue weighted by Gasteiger charge is 2.26. The van der Waals surface area contributed by atoms with Gasteiger partial charge in [0.2, 0.25) is 11.8 Å². The third-order valence-electron chi connectivity index (χ3n) is 4.12. The molecule has 1 fully saturated rings. The fourth-order valence-corrected chi connectivity index (χ4v) is 3.13. The van der Waals surface area contributed by atoms with Gasteiger partial charge >= 0.3 is 0 Å². The van der Waals surface area contributed by atoms with Crippen molar-refractivity contribution in [2.24, 2.45) is 5.73 Å². The lowest BCUT2D eigenvalue weighted by atomic mass is 10.0. The molecular formula is C17H24BrN3O2. The zero-order valence-corrected chi connectivity index (χ0v) is 14.8. The van der Waals surface area contributed by atoms with Gasteiger partial charge in [0.1, 0.15) is 0 Å². The van der Waals surface area contributed by atoms with E-state index >= 15 is 0 Å². The standard InChI is InChI=1S/C17H24BrN3O2/c18-14-6-4-13(5-7-14)11-17(23)21-10-2-1-3-15(21)12-20-16(22)8-9-19/h4-7,15H,1-3,8-12,19H2,(H,20,22). The second kappa shape index (κ2) is 9.03. The maximum absolute atomic E-state index is 12.6. The molecule has 1 heterocycles. The second-order valence-electron chi connectivity index (χ2n) is 5.88. The average Bonchev–Trinajstić information content (AvgIpc) is 2.55. The highest BCUT2D eigenvalue weighted by atomic mass is 79.9. The van der Waals surface area contributed by atoms with Crippen molar-refractivity contribution in [1.82, 2.24) is 10.2 Å².